The third kappa shape index (κ3) is 3.61. The van der Waals surface area contributed by atoms with Crippen LogP contribution in [0.15, 0.2) is 51.4 Å². The van der Waals surface area contributed by atoms with E-state index in [9.17, 15) is 14.4 Å². The number of hydrogen-bond acceptors (Lipinski definition) is 5. The molecule has 3 aromatic heterocycles. The van der Waals surface area contributed by atoms with Crippen molar-refractivity contribution >= 4 is 33.2 Å². The second kappa shape index (κ2) is 8.04. The first-order chi connectivity index (χ1) is 14.1. The number of nitrogens with zero attached hydrogens (tertiary/aromatic N) is 4. The van der Waals surface area contributed by atoms with Gasteiger partial charge in [-0.05, 0) is 23.4 Å². The number of unbranched alkanes of at least 4 members (excludes halogenated alkanes) is 1. The third-order valence-electron chi connectivity index (χ3n) is 4.75. The summed E-state index contributed by atoms with van der Waals surface area (Å²) in [4.78, 5) is 38.2. The van der Waals surface area contributed by atoms with Gasteiger partial charge in [0.25, 0.3) is 5.56 Å². The minimum Gasteiger partial charge on any atom is -0.350 e. The van der Waals surface area contributed by atoms with Crippen molar-refractivity contribution in [3.63, 3.8) is 0 Å². The highest BCUT2D eigenvalue weighted by molar-refractivity contribution is 7.17. The summed E-state index contributed by atoms with van der Waals surface area (Å²) in [6.45, 7) is 2.68. The molecule has 0 radical (unpaired) electrons. The number of carbonyl (C=O) groups is 1. The summed E-state index contributed by atoms with van der Waals surface area (Å²) in [5.41, 5.74) is 0.922. The Balaban J connectivity index is 1.68. The molecular weight excluding hydrogens is 390 g/mol. The number of benzene rings is 1. The highest BCUT2D eigenvalue weighted by Gasteiger charge is 2.19. The van der Waals surface area contributed by atoms with Crippen LogP contribution < -0.4 is 16.6 Å². The second-order valence-corrected chi connectivity index (χ2v) is 7.70. The zero-order valence-corrected chi connectivity index (χ0v) is 16.8. The van der Waals surface area contributed by atoms with Crippen molar-refractivity contribution in [3.8, 4) is 0 Å². The molecule has 1 amide bonds. The lowest BCUT2D eigenvalue weighted by Crippen LogP contribution is -2.32. The van der Waals surface area contributed by atoms with Crippen molar-refractivity contribution in [1.82, 2.24) is 24.1 Å². The Bertz CT molecular complexity index is 1280. The molecule has 0 unspecified atom stereocenters. The third-order valence-corrected chi connectivity index (χ3v) is 5.64. The molecule has 0 aliphatic rings. The molecule has 0 fully saturated rings. The van der Waals surface area contributed by atoms with Crippen molar-refractivity contribution in [2.75, 3.05) is 0 Å². The van der Waals surface area contributed by atoms with Crippen LogP contribution in [0.25, 0.3) is 16.0 Å². The van der Waals surface area contributed by atoms with E-state index in [0.29, 0.717) is 23.3 Å². The van der Waals surface area contributed by atoms with Crippen LogP contribution in [-0.2, 0) is 24.4 Å². The van der Waals surface area contributed by atoms with Gasteiger partial charge in [-0.15, -0.1) is 16.4 Å². The Morgan fingerprint density at radius 2 is 1.97 bits per heavy atom. The fraction of sp³-hybridized carbons (Fsp3) is 0.300. The zero-order chi connectivity index (χ0) is 20.4. The minimum absolute atomic E-state index is 0.151. The molecule has 0 saturated carbocycles. The van der Waals surface area contributed by atoms with Gasteiger partial charge in [0.2, 0.25) is 11.7 Å². The molecule has 0 saturated heterocycles. The summed E-state index contributed by atoms with van der Waals surface area (Å²) < 4.78 is 4.59. The molecule has 9 heteroatoms. The lowest BCUT2D eigenvalue weighted by Gasteiger charge is -2.06. The molecule has 8 nitrogen and oxygen atoms in total. The molecule has 3 heterocycles. The van der Waals surface area contributed by atoms with E-state index < -0.39 is 5.69 Å². The molecule has 29 heavy (non-hydrogen) atoms. The van der Waals surface area contributed by atoms with Crippen LogP contribution in [0.3, 0.4) is 0 Å². The van der Waals surface area contributed by atoms with E-state index in [-0.39, 0.29) is 23.8 Å². The number of aryl methyl sites for hydroxylation is 1. The van der Waals surface area contributed by atoms with Crippen molar-refractivity contribution in [1.29, 1.82) is 0 Å². The molecule has 0 atom stereocenters. The number of fused-ring (bicyclic) bond motifs is 3. The van der Waals surface area contributed by atoms with E-state index in [0.717, 1.165) is 23.1 Å². The van der Waals surface area contributed by atoms with Gasteiger partial charge in [-0.3, -0.25) is 14.2 Å². The first-order valence-corrected chi connectivity index (χ1v) is 10.4. The summed E-state index contributed by atoms with van der Waals surface area (Å²) in [6, 6.07) is 11.3. The number of aromatic nitrogens is 4. The Kier molecular flexibility index (Phi) is 5.30. The summed E-state index contributed by atoms with van der Waals surface area (Å²) in [7, 11) is 0. The van der Waals surface area contributed by atoms with Gasteiger partial charge in [-0.25, -0.2) is 13.9 Å². The maximum Gasteiger partial charge on any atom is 0.352 e. The Hall–Kier alpha value is -3.20. The number of nitrogens with one attached hydrogen (secondary N) is 1. The quantitative estimate of drug-likeness (QED) is 0.504. The molecule has 0 bridgehead atoms. The van der Waals surface area contributed by atoms with Crippen molar-refractivity contribution in [3.05, 3.63) is 68.2 Å². The summed E-state index contributed by atoms with van der Waals surface area (Å²) in [5.74, 6) is -0.0430. The van der Waals surface area contributed by atoms with E-state index in [2.05, 4.69) is 10.4 Å². The topological polar surface area (TPSA) is 90.4 Å². The van der Waals surface area contributed by atoms with Gasteiger partial charge < -0.3 is 5.32 Å². The first kappa shape index (κ1) is 19.1. The molecule has 1 aromatic carbocycles. The lowest BCUT2D eigenvalue weighted by molar-refractivity contribution is -0.122. The Labute approximate surface area is 170 Å². The van der Waals surface area contributed by atoms with Gasteiger partial charge in [0.05, 0.1) is 5.52 Å². The molecule has 1 N–H and O–H groups in total. The van der Waals surface area contributed by atoms with Gasteiger partial charge in [-0.1, -0.05) is 43.7 Å². The minimum atomic E-state index is -0.427. The van der Waals surface area contributed by atoms with E-state index in [1.807, 2.05) is 37.3 Å². The van der Waals surface area contributed by atoms with E-state index in [4.69, 9.17) is 0 Å². The molecule has 4 aromatic rings. The molecule has 0 aliphatic heterocycles. The average molecular weight is 411 g/mol. The zero-order valence-electron chi connectivity index (χ0n) is 16.0. The lowest BCUT2D eigenvalue weighted by atomic mass is 10.2. The maximum atomic E-state index is 13.0. The number of carbonyl (C=O) groups excluding carboxylic acids is 1. The molecule has 0 spiro atoms. The highest BCUT2D eigenvalue weighted by Crippen LogP contribution is 2.17. The van der Waals surface area contributed by atoms with E-state index in [1.54, 1.807) is 11.4 Å². The molecular formula is C20H21N5O3S. The number of amides is 1. The van der Waals surface area contributed by atoms with E-state index in [1.165, 1.54) is 20.3 Å². The second-order valence-electron chi connectivity index (χ2n) is 6.78. The van der Waals surface area contributed by atoms with Crippen molar-refractivity contribution in [2.24, 2.45) is 0 Å². The SMILES string of the molecule is CCCCn1c(=O)c2sccc2n2c(=O)n(CC(=O)NCc3ccccc3)nc12. The fourth-order valence-corrected chi connectivity index (χ4v) is 4.07. The average Bonchev–Trinajstić information content (AvgIpc) is 3.33. The van der Waals surface area contributed by atoms with Gasteiger partial charge in [0.1, 0.15) is 11.2 Å². The van der Waals surface area contributed by atoms with Crippen molar-refractivity contribution in [2.45, 2.75) is 39.4 Å². The van der Waals surface area contributed by atoms with Gasteiger partial charge in [0, 0.05) is 13.1 Å². The summed E-state index contributed by atoms with van der Waals surface area (Å²) >= 11 is 1.30. The Morgan fingerprint density at radius 3 is 2.72 bits per heavy atom. The molecule has 150 valence electrons. The van der Waals surface area contributed by atoms with Gasteiger partial charge in [-0.2, -0.15) is 0 Å². The van der Waals surface area contributed by atoms with Crippen LogP contribution in [0.5, 0.6) is 0 Å². The smallest absolute Gasteiger partial charge is 0.350 e. The number of thiophene rings is 1. The predicted octanol–water partition coefficient (Wildman–Crippen LogP) is 1.99. The number of rotatable bonds is 7. The van der Waals surface area contributed by atoms with Crippen LogP contribution in [0, 0.1) is 0 Å². The molecule has 4 rings (SSSR count). The van der Waals surface area contributed by atoms with Gasteiger partial charge in [0.15, 0.2) is 0 Å². The Morgan fingerprint density at radius 1 is 1.17 bits per heavy atom. The predicted molar refractivity (Wildman–Crippen MR) is 112 cm³/mol. The summed E-state index contributed by atoms with van der Waals surface area (Å²) in [5, 5.41) is 8.91. The van der Waals surface area contributed by atoms with Crippen LogP contribution in [0.1, 0.15) is 25.3 Å². The van der Waals surface area contributed by atoms with Crippen LogP contribution in [0.4, 0.5) is 0 Å². The monoisotopic (exact) mass is 411 g/mol. The fourth-order valence-electron chi connectivity index (χ4n) is 3.24. The normalized spacial score (nSPS) is 11.3. The maximum absolute atomic E-state index is 13.0. The van der Waals surface area contributed by atoms with Crippen molar-refractivity contribution < 1.29 is 4.79 Å². The standard InChI is InChI=1S/C20H21N5O3S/c1-2-3-10-23-18(27)17-15(9-11-29-17)25-19(23)22-24(20(25)28)13-16(26)21-12-14-7-5-4-6-8-14/h4-9,11H,2-3,10,12-13H2,1H3,(H,21,26). The van der Waals surface area contributed by atoms with Crippen LogP contribution in [-0.4, -0.2) is 24.7 Å². The van der Waals surface area contributed by atoms with Gasteiger partial charge >= 0.3 is 5.69 Å². The number of hydrogen-bond donors (Lipinski definition) is 1. The van der Waals surface area contributed by atoms with E-state index >= 15 is 0 Å². The largest absolute Gasteiger partial charge is 0.352 e. The van der Waals surface area contributed by atoms with Crippen LogP contribution in [0.2, 0.25) is 0 Å². The summed E-state index contributed by atoms with van der Waals surface area (Å²) in [6.07, 6.45) is 1.71. The first-order valence-electron chi connectivity index (χ1n) is 9.50. The highest BCUT2D eigenvalue weighted by atomic mass is 32.1. The van der Waals surface area contributed by atoms with Crippen LogP contribution >= 0.6 is 11.3 Å². The molecule has 0 aliphatic carbocycles.